The summed E-state index contributed by atoms with van der Waals surface area (Å²) in [5.74, 6) is 0.332. The van der Waals surface area contributed by atoms with E-state index in [1.165, 1.54) is 24.3 Å². The van der Waals surface area contributed by atoms with Crippen LogP contribution in [0, 0.1) is 22.7 Å². The molecule has 1 aromatic carbocycles. The van der Waals surface area contributed by atoms with Crippen LogP contribution in [-0.4, -0.2) is 34.2 Å². The van der Waals surface area contributed by atoms with Gasteiger partial charge in [-0.1, -0.05) is 12.1 Å². The van der Waals surface area contributed by atoms with Crippen molar-refractivity contribution in [3.8, 4) is 6.07 Å². The third kappa shape index (κ3) is 3.71. The molecular formula is C23H27F3N2O2. The van der Waals surface area contributed by atoms with E-state index in [1.54, 1.807) is 0 Å². The summed E-state index contributed by atoms with van der Waals surface area (Å²) < 4.78 is 39.2. The third-order valence-electron chi connectivity index (χ3n) is 7.24. The Morgan fingerprint density at radius 2 is 1.60 bits per heavy atom. The Kier molecular flexibility index (Phi) is 5.13. The Morgan fingerprint density at radius 3 is 2.03 bits per heavy atom. The van der Waals surface area contributed by atoms with Crippen LogP contribution in [0.4, 0.5) is 13.2 Å². The molecule has 1 atom stereocenters. The number of hydrogen-bond acceptors (Lipinski definition) is 3. The smallest absolute Gasteiger partial charge is 0.376 e. The molecule has 0 aliphatic heterocycles. The SMILES string of the molecule is C[C@](O)(c1ccc(C(=O)N(C2CC2)[C@H]2CC[C@@](C#N)(C3CC3)CC2)cc1)C(F)(F)F. The quantitative estimate of drug-likeness (QED) is 0.735. The number of amides is 1. The number of carbonyl (C=O) groups is 1. The lowest BCUT2D eigenvalue weighted by atomic mass is 9.70. The molecular weight excluding hydrogens is 393 g/mol. The van der Waals surface area contributed by atoms with Crippen LogP contribution in [0.15, 0.2) is 24.3 Å². The van der Waals surface area contributed by atoms with Gasteiger partial charge < -0.3 is 10.0 Å². The van der Waals surface area contributed by atoms with Gasteiger partial charge in [0, 0.05) is 17.6 Å². The highest BCUT2D eigenvalue weighted by atomic mass is 19.4. The van der Waals surface area contributed by atoms with Crippen molar-refractivity contribution in [1.29, 1.82) is 5.26 Å². The summed E-state index contributed by atoms with van der Waals surface area (Å²) in [5.41, 5.74) is -3.15. The molecule has 0 saturated heterocycles. The predicted molar refractivity (Wildman–Crippen MR) is 104 cm³/mol. The lowest BCUT2D eigenvalue weighted by molar-refractivity contribution is -0.258. The Labute approximate surface area is 174 Å². The summed E-state index contributed by atoms with van der Waals surface area (Å²) in [4.78, 5) is 15.1. The molecule has 3 aliphatic carbocycles. The zero-order chi connectivity index (χ0) is 21.7. The fourth-order valence-electron chi connectivity index (χ4n) is 4.88. The van der Waals surface area contributed by atoms with Gasteiger partial charge in [0.15, 0.2) is 5.60 Å². The third-order valence-corrected chi connectivity index (χ3v) is 7.24. The number of alkyl halides is 3. The van der Waals surface area contributed by atoms with E-state index in [-0.39, 0.29) is 29.0 Å². The van der Waals surface area contributed by atoms with Crippen molar-refractivity contribution in [2.75, 3.05) is 0 Å². The molecule has 7 heteroatoms. The Balaban J connectivity index is 1.49. The summed E-state index contributed by atoms with van der Waals surface area (Å²) in [6, 6.07) is 7.92. The fraction of sp³-hybridized carbons (Fsp3) is 0.652. The minimum absolute atomic E-state index is 0.0724. The van der Waals surface area contributed by atoms with Gasteiger partial charge in [-0.3, -0.25) is 4.79 Å². The lowest BCUT2D eigenvalue weighted by Crippen LogP contribution is -2.46. The minimum Gasteiger partial charge on any atom is -0.376 e. The monoisotopic (exact) mass is 420 g/mol. The molecule has 0 heterocycles. The summed E-state index contributed by atoms with van der Waals surface area (Å²) in [5, 5.41) is 19.5. The van der Waals surface area contributed by atoms with Crippen molar-refractivity contribution in [2.24, 2.45) is 11.3 Å². The molecule has 162 valence electrons. The zero-order valence-corrected chi connectivity index (χ0v) is 17.1. The molecule has 0 aromatic heterocycles. The minimum atomic E-state index is -4.80. The van der Waals surface area contributed by atoms with Gasteiger partial charge in [0.25, 0.3) is 5.91 Å². The highest BCUT2D eigenvalue weighted by Crippen LogP contribution is 2.54. The van der Waals surface area contributed by atoms with Gasteiger partial charge in [-0.15, -0.1) is 0 Å². The Hall–Kier alpha value is -2.07. The van der Waals surface area contributed by atoms with Crippen molar-refractivity contribution in [3.05, 3.63) is 35.4 Å². The molecule has 0 bridgehead atoms. The molecule has 1 N–H and O–H groups in total. The first-order valence-corrected chi connectivity index (χ1v) is 10.7. The van der Waals surface area contributed by atoms with Crippen molar-refractivity contribution in [2.45, 2.75) is 82.2 Å². The Morgan fingerprint density at radius 1 is 1.07 bits per heavy atom. The molecule has 0 unspecified atom stereocenters. The number of carbonyl (C=O) groups excluding carboxylic acids is 1. The van der Waals surface area contributed by atoms with E-state index in [0.717, 1.165) is 51.4 Å². The predicted octanol–water partition coefficient (Wildman–Crippen LogP) is 4.92. The van der Waals surface area contributed by atoms with E-state index >= 15 is 0 Å². The largest absolute Gasteiger partial charge is 0.421 e. The van der Waals surface area contributed by atoms with Gasteiger partial charge in [0.2, 0.25) is 0 Å². The number of benzene rings is 1. The van der Waals surface area contributed by atoms with Gasteiger partial charge in [-0.25, -0.2) is 0 Å². The van der Waals surface area contributed by atoms with E-state index in [0.29, 0.717) is 18.4 Å². The standard InChI is InChI=1S/C23H27F3N2O2/c1-21(30,23(24,25)26)16-4-2-15(3-5-16)20(29)28(18-8-9-18)19-10-12-22(14-27,13-11-19)17-6-7-17/h2-5,17-19,30H,6-13H2,1H3/t19-,21-,22+/m0/s1. The molecule has 0 spiro atoms. The number of nitrogens with zero attached hydrogens (tertiary/aromatic N) is 2. The van der Waals surface area contributed by atoms with E-state index in [1.807, 2.05) is 4.90 Å². The first kappa shape index (κ1) is 21.2. The van der Waals surface area contributed by atoms with Crippen LogP contribution in [0.1, 0.15) is 74.2 Å². The van der Waals surface area contributed by atoms with E-state index < -0.39 is 11.8 Å². The van der Waals surface area contributed by atoms with Crippen LogP contribution >= 0.6 is 0 Å². The molecule has 3 aliphatic rings. The highest BCUT2D eigenvalue weighted by Gasteiger charge is 2.52. The number of hydrogen-bond donors (Lipinski definition) is 1. The fourth-order valence-corrected chi connectivity index (χ4v) is 4.88. The Bertz CT molecular complexity index is 841. The highest BCUT2D eigenvalue weighted by molar-refractivity contribution is 5.95. The van der Waals surface area contributed by atoms with Gasteiger partial charge in [0.1, 0.15) is 0 Å². The number of nitriles is 1. The number of rotatable bonds is 5. The van der Waals surface area contributed by atoms with Gasteiger partial charge >= 0.3 is 6.18 Å². The summed E-state index contributed by atoms with van der Waals surface area (Å²) in [6.07, 6.45) is 2.54. The van der Waals surface area contributed by atoms with Crippen LogP contribution in [0.5, 0.6) is 0 Å². The second-order valence-electron chi connectivity index (χ2n) is 9.36. The molecule has 3 fully saturated rings. The maximum absolute atomic E-state index is 13.2. The molecule has 0 radical (unpaired) electrons. The van der Waals surface area contributed by atoms with Crippen LogP contribution < -0.4 is 0 Å². The molecule has 1 amide bonds. The second-order valence-corrected chi connectivity index (χ2v) is 9.36. The zero-order valence-electron chi connectivity index (χ0n) is 17.1. The average molecular weight is 420 g/mol. The lowest BCUT2D eigenvalue weighted by Gasteiger charge is -2.41. The topological polar surface area (TPSA) is 64.3 Å². The van der Waals surface area contributed by atoms with E-state index in [9.17, 15) is 28.3 Å². The van der Waals surface area contributed by atoms with Crippen LogP contribution in [0.3, 0.4) is 0 Å². The molecule has 4 nitrogen and oxygen atoms in total. The summed E-state index contributed by atoms with van der Waals surface area (Å²) in [6.45, 7) is 0.712. The van der Waals surface area contributed by atoms with Gasteiger partial charge in [-0.05, 0) is 81.9 Å². The summed E-state index contributed by atoms with van der Waals surface area (Å²) in [7, 11) is 0. The maximum Gasteiger partial charge on any atom is 0.421 e. The van der Waals surface area contributed by atoms with E-state index in [4.69, 9.17) is 0 Å². The van der Waals surface area contributed by atoms with Crippen LogP contribution in [-0.2, 0) is 5.60 Å². The maximum atomic E-state index is 13.2. The molecule has 3 saturated carbocycles. The summed E-state index contributed by atoms with van der Waals surface area (Å²) >= 11 is 0. The molecule has 1 aromatic rings. The first-order valence-electron chi connectivity index (χ1n) is 10.7. The van der Waals surface area contributed by atoms with Crippen molar-refractivity contribution < 1.29 is 23.1 Å². The van der Waals surface area contributed by atoms with Crippen LogP contribution in [0.2, 0.25) is 0 Å². The van der Waals surface area contributed by atoms with Crippen molar-refractivity contribution >= 4 is 5.91 Å². The normalized spacial score (nSPS) is 29.0. The number of halogens is 3. The van der Waals surface area contributed by atoms with Crippen LogP contribution in [0.25, 0.3) is 0 Å². The molecule has 30 heavy (non-hydrogen) atoms. The van der Waals surface area contributed by atoms with Crippen molar-refractivity contribution in [1.82, 2.24) is 4.90 Å². The number of aliphatic hydroxyl groups is 1. The van der Waals surface area contributed by atoms with Gasteiger partial charge in [0.05, 0.1) is 11.5 Å². The van der Waals surface area contributed by atoms with Gasteiger partial charge in [-0.2, -0.15) is 18.4 Å². The van der Waals surface area contributed by atoms with Crippen molar-refractivity contribution in [3.63, 3.8) is 0 Å². The second kappa shape index (κ2) is 7.26. The average Bonchev–Trinajstić information content (AvgIpc) is 3.61. The van der Waals surface area contributed by atoms with E-state index in [2.05, 4.69) is 6.07 Å². The first-order chi connectivity index (χ1) is 14.1. The molecule has 4 rings (SSSR count).